The Morgan fingerprint density at radius 3 is 2.32 bits per heavy atom. The molecule has 1 aromatic carbocycles. The van der Waals surface area contributed by atoms with Crippen LogP contribution < -0.4 is 5.32 Å². The third-order valence-electron chi connectivity index (χ3n) is 3.15. The van der Waals surface area contributed by atoms with Crippen molar-refractivity contribution in [3.63, 3.8) is 0 Å². The van der Waals surface area contributed by atoms with Gasteiger partial charge in [0.15, 0.2) is 0 Å². The number of rotatable bonds is 4. The van der Waals surface area contributed by atoms with E-state index in [1.165, 1.54) is 11.6 Å². The van der Waals surface area contributed by atoms with Crippen LogP contribution in [0.15, 0.2) is 47.2 Å². The first-order valence-electron chi connectivity index (χ1n) is 6.19. The zero-order valence-electron chi connectivity index (χ0n) is 10.9. The molecule has 4 heteroatoms. The molecule has 0 aliphatic carbocycles. The summed E-state index contributed by atoms with van der Waals surface area (Å²) in [5.74, 6) is -0.238. The van der Waals surface area contributed by atoms with Crippen molar-refractivity contribution in [3.8, 4) is 0 Å². The molecule has 19 heavy (non-hydrogen) atoms. The third-order valence-corrected chi connectivity index (χ3v) is 3.76. The molecular formula is C15H16BrFN2. The Bertz CT molecular complexity index is 545. The van der Waals surface area contributed by atoms with Crippen LogP contribution >= 0.6 is 15.9 Å². The fourth-order valence-electron chi connectivity index (χ4n) is 2.00. The normalized spacial score (nSPS) is 14.1. The van der Waals surface area contributed by atoms with Gasteiger partial charge in [-0.15, -0.1) is 0 Å². The van der Waals surface area contributed by atoms with Gasteiger partial charge in [0.1, 0.15) is 5.82 Å². The molecular weight excluding hydrogens is 307 g/mol. The molecule has 0 spiro atoms. The van der Waals surface area contributed by atoms with Crippen molar-refractivity contribution < 1.29 is 4.39 Å². The lowest BCUT2D eigenvalue weighted by atomic mass is 10.1. The first-order chi connectivity index (χ1) is 9.08. The molecule has 0 saturated carbocycles. The molecule has 2 aromatic rings. The number of halogens is 2. The zero-order chi connectivity index (χ0) is 13.8. The second-order valence-corrected chi connectivity index (χ2v) is 5.42. The summed E-state index contributed by atoms with van der Waals surface area (Å²) in [4.78, 5) is 4.01. The molecule has 2 nitrogen and oxygen atoms in total. The monoisotopic (exact) mass is 322 g/mol. The summed E-state index contributed by atoms with van der Waals surface area (Å²) < 4.78 is 13.7. The largest absolute Gasteiger partial charge is 0.304 e. The van der Waals surface area contributed by atoms with Gasteiger partial charge in [-0.3, -0.25) is 4.98 Å². The van der Waals surface area contributed by atoms with Gasteiger partial charge in [0, 0.05) is 24.5 Å². The van der Waals surface area contributed by atoms with E-state index in [0.717, 1.165) is 5.56 Å². The summed E-state index contributed by atoms with van der Waals surface area (Å²) in [6.45, 7) is 4.17. The van der Waals surface area contributed by atoms with Crippen LogP contribution in [0.2, 0.25) is 0 Å². The first kappa shape index (κ1) is 14.2. The van der Waals surface area contributed by atoms with Gasteiger partial charge in [-0.05, 0) is 65.2 Å². The van der Waals surface area contributed by atoms with E-state index < -0.39 is 0 Å². The van der Waals surface area contributed by atoms with Gasteiger partial charge in [0.2, 0.25) is 0 Å². The highest BCUT2D eigenvalue weighted by atomic mass is 79.9. The Morgan fingerprint density at radius 1 is 1.05 bits per heavy atom. The number of nitrogens with one attached hydrogen (secondary N) is 1. The van der Waals surface area contributed by atoms with Gasteiger partial charge in [-0.1, -0.05) is 6.07 Å². The lowest BCUT2D eigenvalue weighted by Crippen LogP contribution is -2.22. The maximum Gasteiger partial charge on any atom is 0.137 e. The predicted molar refractivity (Wildman–Crippen MR) is 78.3 cm³/mol. The van der Waals surface area contributed by atoms with Crippen LogP contribution in [0.25, 0.3) is 0 Å². The molecule has 0 bridgehead atoms. The van der Waals surface area contributed by atoms with Crippen LogP contribution in [0, 0.1) is 5.82 Å². The topological polar surface area (TPSA) is 24.9 Å². The lowest BCUT2D eigenvalue weighted by Gasteiger charge is -2.21. The summed E-state index contributed by atoms with van der Waals surface area (Å²) >= 11 is 3.21. The molecule has 0 saturated heterocycles. The van der Waals surface area contributed by atoms with Crippen molar-refractivity contribution in [2.24, 2.45) is 0 Å². The minimum atomic E-state index is -0.238. The Labute approximate surface area is 121 Å². The second-order valence-electron chi connectivity index (χ2n) is 4.56. The summed E-state index contributed by atoms with van der Waals surface area (Å²) in [7, 11) is 0. The van der Waals surface area contributed by atoms with E-state index in [1.54, 1.807) is 18.5 Å². The SMILES string of the molecule is CC(NC(C)c1ccc(F)c(Br)c1)c1ccncc1. The number of benzene rings is 1. The first-order valence-corrected chi connectivity index (χ1v) is 6.98. The van der Waals surface area contributed by atoms with Crippen molar-refractivity contribution in [2.75, 3.05) is 0 Å². The van der Waals surface area contributed by atoms with Crippen molar-refractivity contribution in [3.05, 3.63) is 64.1 Å². The van der Waals surface area contributed by atoms with Crippen LogP contribution in [0.4, 0.5) is 4.39 Å². The highest BCUT2D eigenvalue weighted by Crippen LogP contribution is 2.23. The Kier molecular flexibility index (Phi) is 4.66. The molecule has 0 aliphatic heterocycles. The Balaban J connectivity index is 2.08. The predicted octanol–water partition coefficient (Wildman–Crippen LogP) is 4.40. The zero-order valence-corrected chi connectivity index (χ0v) is 12.5. The fraction of sp³-hybridized carbons (Fsp3) is 0.267. The Hall–Kier alpha value is -1.26. The van der Waals surface area contributed by atoms with Gasteiger partial charge in [-0.2, -0.15) is 0 Å². The summed E-state index contributed by atoms with van der Waals surface area (Å²) in [5, 5.41) is 3.49. The summed E-state index contributed by atoms with van der Waals surface area (Å²) in [5.41, 5.74) is 2.23. The van der Waals surface area contributed by atoms with Crippen LogP contribution in [0.1, 0.15) is 37.1 Å². The average Bonchev–Trinajstić information content (AvgIpc) is 2.42. The molecule has 0 amide bonds. The van der Waals surface area contributed by atoms with Crippen LogP contribution in [-0.4, -0.2) is 4.98 Å². The van der Waals surface area contributed by atoms with Crippen LogP contribution in [0.5, 0.6) is 0 Å². The van der Waals surface area contributed by atoms with E-state index in [2.05, 4.69) is 40.1 Å². The van der Waals surface area contributed by atoms with E-state index in [1.807, 2.05) is 18.2 Å². The molecule has 1 aromatic heterocycles. The lowest BCUT2D eigenvalue weighted by molar-refractivity contribution is 0.493. The van der Waals surface area contributed by atoms with Crippen molar-refractivity contribution >= 4 is 15.9 Å². The molecule has 100 valence electrons. The van der Waals surface area contributed by atoms with E-state index in [0.29, 0.717) is 4.47 Å². The molecule has 1 heterocycles. The van der Waals surface area contributed by atoms with Crippen molar-refractivity contribution in [2.45, 2.75) is 25.9 Å². The number of aromatic nitrogens is 1. The standard InChI is InChI=1S/C15H16BrFN2/c1-10(12-5-7-18-8-6-12)19-11(2)13-3-4-15(17)14(16)9-13/h3-11,19H,1-2H3. The van der Waals surface area contributed by atoms with Gasteiger partial charge >= 0.3 is 0 Å². The Morgan fingerprint density at radius 2 is 1.68 bits per heavy atom. The minimum Gasteiger partial charge on any atom is -0.304 e. The van der Waals surface area contributed by atoms with E-state index in [9.17, 15) is 4.39 Å². The number of pyridine rings is 1. The number of hydrogen-bond donors (Lipinski definition) is 1. The summed E-state index contributed by atoms with van der Waals surface area (Å²) in [6.07, 6.45) is 3.57. The molecule has 0 fully saturated rings. The molecule has 0 aliphatic rings. The minimum absolute atomic E-state index is 0.139. The van der Waals surface area contributed by atoms with E-state index in [4.69, 9.17) is 0 Å². The van der Waals surface area contributed by atoms with E-state index in [-0.39, 0.29) is 17.9 Å². The highest BCUT2D eigenvalue weighted by Gasteiger charge is 2.12. The molecule has 2 rings (SSSR count). The van der Waals surface area contributed by atoms with E-state index >= 15 is 0 Å². The molecule has 2 unspecified atom stereocenters. The quantitative estimate of drug-likeness (QED) is 0.902. The van der Waals surface area contributed by atoms with Gasteiger partial charge < -0.3 is 5.32 Å². The summed E-state index contributed by atoms with van der Waals surface area (Å²) in [6, 6.07) is 9.43. The average molecular weight is 323 g/mol. The molecule has 2 atom stereocenters. The molecule has 0 radical (unpaired) electrons. The highest BCUT2D eigenvalue weighted by molar-refractivity contribution is 9.10. The van der Waals surface area contributed by atoms with Crippen LogP contribution in [0.3, 0.4) is 0 Å². The maximum atomic E-state index is 13.2. The van der Waals surface area contributed by atoms with Gasteiger partial charge in [0.05, 0.1) is 4.47 Å². The number of hydrogen-bond acceptors (Lipinski definition) is 2. The fourth-order valence-corrected chi connectivity index (χ4v) is 2.40. The van der Waals surface area contributed by atoms with Crippen molar-refractivity contribution in [1.82, 2.24) is 10.3 Å². The second kappa shape index (κ2) is 6.26. The number of nitrogens with zero attached hydrogens (tertiary/aromatic N) is 1. The van der Waals surface area contributed by atoms with Crippen LogP contribution in [-0.2, 0) is 0 Å². The van der Waals surface area contributed by atoms with Crippen molar-refractivity contribution in [1.29, 1.82) is 0 Å². The maximum absolute atomic E-state index is 13.2. The van der Waals surface area contributed by atoms with Gasteiger partial charge in [-0.25, -0.2) is 4.39 Å². The smallest absolute Gasteiger partial charge is 0.137 e. The van der Waals surface area contributed by atoms with Gasteiger partial charge in [0.25, 0.3) is 0 Å². The molecule has 1 N–H and O–H groups in total. The third kappa shape index (κ3) is 3.61.